The highest BCUT2D eigenvalue weighted by Gasteiger charge is 2.37. The lowest BCUT2D eigenvalue weighted by Crippen LogP contribution is -2.45. The van der Waals surface area contributed by atoms with Crippen LogP contribution in [0.2, 0.25) is 0 Å². The Labute approximate surface area is 130 Å². The monoisotopic (exact) mass is 331 g/mol. The number of nitrogens with zero attached hydrogens (tertiary/aromatic N) is 2. The summed E-state index contributed by atoms with van der Waals surface area (Å²) in [6.45, 7) is 2.60. The van der Waals surface area contributed by atoms with Gasteiger partial charge in [0.25, 0.3) is 5.69 Å². The number of hydrogen-bond acceptors (Lipinski definition) is 5. The Kier molecular flexibility index (Phi) is 4.15. The summed E-state index contributed by atoms with van der Waals surface area (Å²) in [5.41, 5.74) is -1.70. The van der Waals surface area contributed by atoms with Crippen LogP contribution in [0.3, 0.4) is 0 Å². The molecule has 1 unspecified atom stereocenters. The SMILES string of the molecule is O=[N+]([O-])c1cc(OCCN2CC3C[C@@H]2CN3)cc(C(F)(F)F)c1. The first-order valence-corrected chi connectivity index (χ1v) is 7.30. The van der Waals surface area contributed by atoms with Crippen molar-refractivity contribution in [2.45, 2.75) is 24.7 Å². The fourth-order valence-corrected chi connectivity index (χ4v) is 3.14. The molecule has 2 fully saturated rings. The van der Waals surface area contributed by atoms with E-state index in [9.17, 15) is 23.3 Å². The van der Waals surface area contributed by atoms with Crippen molar-refractivity contribution in [3.8, 4) is 5.75 Å². The first-order chi connectivity index (χ1) is 10.8. The van der Waals surface area contributed by atoms with Crippen LogP contribution in [0.5, 0.6) is 5.75 Å². The molecular formula is C14H16F3N3O3. The van der Waals surface area contributed by atoms with Crippen LogP contribution in [-0.4, -0.2) is 48.1 Å². The van der Waals surface area contributed by atoms with Crippen molar-refractivity contribution in [1.82, 2.24) is 10.2 Å². The molecule has 0 amide bonds. The number of non-ortho nitro benzene ring substituents is 1. The summed E-state index contributed by atoms with van der Waals surface area (Å²) >= 11 is 0. The quantitative estimate of drug-likeness (QED) is 0.661. The number of nitro groups is 1. The van der Waals surface area contributed by atoms with Crippen molar-refractivity contribution in [1.29, 1.82) is 0 Å². The van der Waals surface area contributed by atoms with Gasteiger partial charge in [-0.05, 0) is 12.5 Å². The summed E-state index contributed by atoms with van der Waals surface area (Å²) in [7, 11) is 0. The highest BCUT2D eigenvalue weighted by atomic mass is 19.4. The number of halogens is 3. The molecule has 1 N–H and O–H groups in total. The van der Waals surface area contributed by atoms with Crippen LogP contribution in [0.15, 0.2) is 18.2 Å². The van der Waals surface area contributed by atoms with Crippen LogP contribution in [0.1, 0.15) is 12.0 Å². The molecule has 0 aromatic heterocycles. The molecule has 9 heteroatoms. The molecule has 2 aliphatic rings. The third kappa shape index (κ3) is 3.56. The van der Waals surface area contributed by atoms with Gasteiger partial charge in [0.2, 0.25) is 0 Å². The minimum absolute atomic E-state index is 0.131. The molecule has 3 rings (SSSR count). The van der Waals surface area contributed by atoms with Gasteiger partial charge in [-0.15, -0.1) is 0 Å². The minimum atomic E-state index is -4.65. The second-order valence-electron chi connectivity index (χ2n) is 5.81. The smallest absolute Gasteiger partial charge is 0.416 e. The summed E-state index contributed by atoms with van der Waals surface area (Å²) in [6.07, 6.45) is -3.57. The number of rotatable bonds is 5. The summed E-state index contributed by atoms with van der Waals surface area (Å²) in [5, 5.41) is 14.1. The van der Waals surface area contributed by atoms with Gasteiger partial charge in [0.15, 0.2) is 0 Å². The van der Waals surface area contributed by atoms with Gasteiger partial charge in [0.1, 0.15) is 12.4 Å². The minimum Gasteiger partial charge on any atom is -0.492 e. The summed E-state index contributed by atoms with van der Waals surface area (Å²) in [6, 6.07) is 3.25. The van der Waals surface area contributed by atoms with Crippen molar-refractivity contribution < 1.29 is 22.8 Å². The van der Waals surface area contributed by atoms with Crippen LogP contribution in [0, 0.1) is 10.1 Å². The molecule has 1 aromatic rings. The molecule has 2 atom stereocenters. The molecule has 2 saturated heterocycles. The maximum atomic E-state index is 12.8. The third-order valence-corrected chi connectivity index (χ3v) is 4.25. The van der Waals surface area contributed by atoms with Crippen molar-refractivity contribution in [3.63, 3.8) is 0 Å². The molecule has 0 radical (unpaired) electrons. The second kappa shape index (κ2) is 5.97. The Morgan fingerprint density at radius 2 is 2.17 bits per heavy atom. The average Bonchev–Trinajstić information content (AvgIpc) is 3.08. The van der Waals surface area contributed by atoms with Crippen molar-refractivity contribution in [2.75, 3.05) is 26.2 Å². The lowest BCUT2D eigenvalue weighted by Gasteiger charge is -2.27. The molecule has 1 aromatic carbocycles. The van der Waals surface area contributed by atoms with Gasteiger partial charge >= 0.3 is 6.18 Å². The fraction of sp³-hybridized carbons (Fsp3) is 0.571. The zero-order valence-corrected chi connectivity index (χ0v) is 12.2. The second-order valence-corrected chi connectivity index (χ2v) is 5.81. The first kappa shape index (κ1) is 16.0. The Morgan fingerprint density at radius 3 is 2.74 bits per heavy atom. The average molecular weight is 331 g/mol. The van der Waals surface area contributed by atoms with Gasteiger partial charge in [-0.2, -0.15) is 13.2 Å². The van der Waals surface area contributed by atoms with Gasteiger partial charge in [0.05, 0.1) is 16.6 Å². The molecule has 0 aliphatic carbocycles. The Bertz CT molecular complexity index is 609. The van der Waals surface area contributed by atoms with E-state index in [0.29, 0.717) is 24.7 Å². The molecule has 2 heterocycles. The molecular weight excluding hydrogens is 315 g/mol. The van der Waals surface area contributed by atoms with E-state index in [4.69, 9.17) is 4.74 Å². The molecule has 126 valence electrons. The van der Waals surface area contributed by atoms with E-state index < -0.39 is 22.4 Å². The molecule has 2 bridgehead atoms. The number of hydrogen-bond donors (Lipinski definition) is 1. The zero-order valence-electron chi connectivity index (χ0n) is 12.2. The topological polar surface area (TPSA) is 67.6 Å². The molecule has 2 aliphatic heterocycles. The Balaban J connectivity index is 1.64. The van der Waals surface area contributed by atoms with Crippen molar-refractivity contribution in [2.24, 2.45) is 0 Å². The van der Waals surface area contributed by atoms with Gasteiger partial charge < -0.3 is 10.1 Å². The fourth-order valence-electron chi connectivity index (χ4n) is 3.14. The van der Waals surface area contributed by atoms with E-state index >= 15 is 0 Å². The van der Waals surface area contributed by atoms with E-state index in [2.05, 4.69) is 10.2 Å². The maximum Gasteiger partial charge on any atom is 0.416 e. The largest absolute Gasteiger partial charge is 0.492 e. The number of nitrogens with one attached hydrogen (secondary N) is 1. The lowest BCUT2D eigenvalue weighted by molar-refractivity contribution is -0.385. The van der Waals surface area contributed by atoms with Gasteiger partial charge in [-0.3, -0.25) is 15.0 Å². The molecule has 0 saturated carbocycles. The van der Waals surface area contributed by atoms with Crippen molar-refractivity contribution in [3.05, 3.63) is 33.9 Å². The highest BCUT2D eigenvalue weighted by Crippen LogP contribution is 2.34. The first-order valence-electron chi connectivity index (χ1n) is 7.30. The van der Waals surface area contributed by atoms with Crippen molar-refractivity contribution >= 4 is 5.69 Å². The van der Waals surface area contributed by atoms with Crippen LogP contribution < -0.4 is 10.1 Å². The van der Waals surface area contributed by atoms with Crippen LogP contribution >= 0.6 is 0 Å². The van der Waals surface area contributed by atoms with E-state index in [-0.39, 0.29) is 12.4 Å². The summed E-state index contributed by atoms with van der Waals surface area (Å²) in [4.78, 5) is 12.1. The zero-order chi connectivity index (χ0) is 16.6. The molecule has 6 nitrogen and oxygen atoms in total. The van der Waals surface area contributed by atoms with E-state index in [1.165, 1.54) is 0 Å². The number of benzene rings is 1. The van der Waals surface area contributed by atoms with Crippen LogP contribution in [0.25, 0.3) is 0 Å². The van der Waals surface area contributed by atoms with E-state index in [1.54, 1.807) is 0 Å². The third-order valence-electron chi connectivity index (χ3n) is 4.25. The summed E-state index contributed by atoms with van der Waals surface area (Å²) in [5.74, 6) is -0.131. The number of likely N-dealkylation sites (tertiary alicyclic amines) is 1. The maximum absolute atomic E-state index is 12.8. The van der Waals surface area contributed by atoms with Crippen LogP contribution in [-0.2, 0) is 6.18 Å². The molecule has 23 heavy (non-hydrogen) atoms. The van der Waals surface area contributed by atoms with Gasteiger partial charge in [-0.1, -0.05) is 0 Å². The van der Waals surface area contributed by atoms with Crippen LogP contribution in [0.4, 0.5) is 18.9 Å². The number of nitro benzene ring substituents is 1. The van der Waals surface area contributed by atoms with E-state index in [1.807, 2.05) is 0 Å². The highest BCUT2D eigenvalue weighted by molar-refractivity contribution is 5.43. The number of fused-ring (bicyclic) bond motifs is 2. The van der Waals surface area contributed by atoms with Gasteiger partial charge in [0, 0.05) is 37.8 Å². The number of alkyl halides is 3. The van der Waals surface area contributed by atoms with E-state index in [0.717, 1.165) is 31.6 Å². The predicted molar refractivity (Wildman–Crippen MR) is 75.4 cm³/mol. The summed E-state index contributed by atoms with van der Waals surface area (Å²) < 4.78 is 43.7. The predicted octanol–water partition coefficient (Wildman–Crippen LogP) is 2.04. The lowest BCUT2D eigenvalue weighted by atomic mass is 10.2. The van der Waals surface area contributed by atoms with Gasteiger partial charge in [-0.25, -0.2) is 0 Å². The number of ether oxygens (including phenoxy) is 1. The standard InChI is InChI=1S/C14H16F3N3O3/c15-14(16,17)9-3-11(20(21)22)6-13(4-9)23-2-1-19-8-10-5-12(19)7-18-10/h3-4,6,10,12,18H,1-2,5,7-8H2/t10?,12-/m1/s1. The Hall–Kier alpha value is -1.87. The number of piperazine rings is 1. The normalized spacial score (nSPS) is 24.1. The molecule has 0 spiro atoms. The Morgan fingerprint density at radius 1 is 1.39 bits per heavy atom.